The summed E-state index contributed by atoms with van der Waals surface area (Å²) < 4.78 is 4.52. The lowest BCUT2D eigenvalue weighted by atomic mass is 10.0. The zero-order valence-electron chi connectivity index (χ0n) is 13.9. The van der Waals surface area contributed by atoms with Gasteiger partial charge in [0.25, 0.3) is 0 Å². The van der Waals surface area contributed by atoms with Gasteiger partial charge in [-0.05, 0) is 19.3 Å². The molecule has 0 aromatic heterocycles. The minimum atomic E-state index is -0.564. The van der Waals surface area contributed by atoms with Gasteiger partial charge in [0.15, 0.2) is 0 Å². The second kappa shape index (κ2) is 14.3. The molecule has 0 aromatic rings. The molecule has 0 aliphatic heterocycles. The molecule has 21 heavy (non-hydrogen) atoms. The highest BCUT2D eigenvalue weighted by Crippen LogP contribution is 2.13. The molecule has 0 saturated carbocycles. The van der Waals surface area contributed by atoms with Crippen LogP contribution in [-0.2, 0) is 9.53 Å². The molecule has 126 valence electrons. The molecule has 4 nitrogen and oxygen atoms in total. The number of esters is 1. The average molecular weight is 302 g/mol. The van der Waals surface area contributed by atoms with Gasteiger partial charge in [0, 0.05) is 0 Å². The molecular formula is C17H34O4. The number of ether oxygens (including phenoxy) is 1. The molecule has 0 heterocycles. The first kappa shape index (κ1) is 20.4. The number of rotatable bonds is 14. The minimum Gasteiger partial charge on any atom is -0.469 e. The van der Waals surface area contributed by atoms with Crippen molar-refractivity contribution in [1.29, 1.82) is 0 Å². The van der Waals surface area contributed by atoms with Crippen LogP contribution in [0.3, 0.4) is 0 Å². The number of methoxy groups -OCH3 is 1. The third-order valence-electron chi connectivity index (χ3n) is 3.85. The zero-order valence-corrected chi connectivity index (χ0v) is 13.9. The van der Waals surface area contributed by atoms with Gasteiger partial charge in [-0.3, -0.25) is 4.79 Å². The van der Waals surface area contributed by atoms with Crippen molar-refractivity contribution in [1.82, 2.24) is 0 Å². The van der Waals surface area contributed by atoms with Crippen molar-refractivity contribution in [2.24, 2.45) is 0 Å². The maximum Gasteiger partial charge on any atom is 0.308 e. The first-order valence-electron chi connectivity index (χ1n) is 8.53. The third-order valence-corrected chi connectivity index (χ3v) is 3.85. The predicted molar refractivity (Wildman–Crippen MR) is 85.1 cm³/mol. The van der Waals surface area contributed by atoms with Crippen LogP contribution in [-0.4, -0.2) is 35.5 Å². The Labute approximate surface area is 129 Å². The van der Waals surface area contributed by atoms with E-state index in [2.05, 4.69) is 11.7 Å². The number of carbonyl (C=O) groups excluding carboxylic acids is 1. The van der Waals surface area contributed by atoms with Crippen molar-refractivity contribution in [3.63, 3.8) is 0 Å². The van der Waals surface area contributed by atoms with E-state index in [0.717, 1.165) is 51.4 Å². The van der Waals surface area contributed by atoms with Crippen molar-refractivity contribution >= 4 is 5.97 Å². The lowest BCUT2D eigenvalue weighted by Gasteiger charge is -2.10. The Balaban J connectivity index is 3.27. The summed E-state index contributed by atoms with van der Waals surface area (Å²) in [6.45, 7) is 2.15. The van der Waals surface area contributed by atoms with Crippen molar-refractivity contribution < 1.29 is 19.7 Å². The summed E-state index contributed by atoms with van der Waals surface area (Å²) in [6, 6.07) is 0. The van der Waals surface area contributed by atoms with Gasteiger partial charge >= 0.3 is 5.97 Å². The Morgan fingerprint density at radius 1 is 0.857 bits per heavy atom. The van der Waals surface area contributed by atoms with Gasteiger partial charge in [0.1, 0.15) is 0 Å². The number of hydrogen-bond donors (Lipinski definition) is 2. The maximum atomic E-state index is 10.9. The van der Waals surface area contributed by atoms with E-state index in [-0.39, 0.29) is 18.5 Å². The first-order valence-corrected chi connectivity index (χ1v) is 8.53. The predicted octanol–water partition coefficient (Wildman–Crippen LogP) is 3.58. The second-order valence-corrected chi connectivity index (χ2v) is 5.93. The smallest absolute Gasteiger partial charge is 0.308 e. The van der Waals surface area contributed by atoms with E-state index < -0.39 is 6.10 Å². The SMILES string of the molecule is CCCC[C@H](O)CCCCCCCC[C@H](O)CC(=O)OC. The van der Waals surface area contributed by atoms with Gasteiger partial charge in [-0.2, -0.15) is 0 Å². The number of aliphatic hydroxyl groups excluding tert-OH is 2. The van der Waals surface area contributed by atoms with Crippen molar-refractivity contribution in [2.45, 2.75) is 96.2 Å². The lowest BCUT2D eigenvalue weighted by Crippen LogP contribution is -2.14. The van der Waals surface area contributed by atoms with Gasteiger partial charge in [0.2, 0.25) is 0 Å². The molecule has 0 rings (SSSR count). The van der Waals surface area contributed by atoms with Crippen LogP contribution in [0.25, 0.3) is 0 Å². The van der Waals surface area contributed by atoms with Crippen LogP contribution in [0.5, 0.6) is 0 Å². The molecule has 0 spiro atoms. The molecular weight excluding hydrogens is 268 g/mol. The summed E-state index contributed by atoms with van der Waals surface area (Å²) >= 11 is 0. The lowest BCUT2D eigenvalue weighted by molar-refractivity contribution is -0.142. The molecule has 4 heteroatoms. The summed E-state index contributed by atoms with van der Waals surface area (Å²) in [5.74, 6) is -0.343. The van der Waals surface area contributed by atoms with Crippen molar-refractivity contribution in [2.75, 3.05) is 7.11 Å². The van der Waals surface area contributed by atoms with Gasteiger partial charge in [-0.25, -0.2) is 0 Å². The number of unbranched alkanes of at least 4 members (excludes halogenated alkanes) is 6. The standard InChI is InChI=1S/C17H34O4/c1-3-4-11-15(18)12-9-7-5-6-8-10-13-16(19)14-17(20)21-2/h15-16,18-19H,3-14H2,1-2H3/t15-,16-/m0/s1. The van der Waals surface area contributed by atoms with Gasteiger partial charge in [-0.1, -0.05) is 58.3 Å². The molecule has 0 unspecified atom stereocenters. The van der Waals surface area contributed by atoms with E-state index in [9.17, 15) is 15.0 Å². The minimum absolute atomic E-state index is 0.103. The zero-order chi connectivity index (χ0) is 15.9. The summed E-state index contributed by atoms with van der Waals surface area (Å²) in [5, 5.41) is 19.3. The molecule has 2 N–H and O–H groups in total. The summed E-state index contributed by atoms with van der Waals surface area (Å²) in [4.78, 5) is 10.9. The Kier molecular flexibility index (Phi) is 13.9. The molecule has 0 aliphatic carbocycles. The fraction of sp³-hybridized carbons (Fsp3) is 0.941. The average Bonchev–Trinajstić information content (AvgIpc) is 2.47. The molecule has 0 fully saturated rings. The monoisotopic (exact) mass is 302 g/mol. The normalized spacial score (nSPS) is 13.9. The molecule has 0 aromatic carbocycles. The van der Waals surface area contributed by atoms with Gasteiger partial charge < -0.3 is 14.9 Å². The highest BCUT2D eigenvalue weighted by Gasteiger charge is 2.10. The van der Waals surface area contributed by atoms with Crippen LogP contribution in [0.2, 0.25) is 0 Å². The van der Waals surface area contributed by atoms with E-state index in [1.54, 1.807) is 0 Å². The topological polar surface area (TPSA) is 66.8 Å². The fourth-order valence-electron chi connectivity index (χ4n) is 2.43. The first-order chi connectivity index (χ1) is 10.1. The highest BCUT2D eigenvalue weighted by atomic mass is 16.5. The van der Waals surface area contributed by atoms with E-state index >= 15 is 0 Å². The van der Waals surface area contributed by atoms with E-state index in [1.165, 1.54) is 20.0 Å². The summed E-state index contributed by atoms with van der Waals surface area (Å²) in [7, 11) is 1.34. The van der Waals surface area contributed by atoms with E-state index in [1.807, 2.05) is 0 Å². The van der Waals surface area contributed by atoms with Crippen LogP contribution < -0.4 is 0 Å². The number of hydrogen-bond acceptors (Lipinski definition) is 4. The molecule has 0 bridgehead atoms. The molecule has 0 saturated heterocycles. The van der Waals surface area contributed by atoms with Crippen LogP contribution in [0.15, 0.2) is 0 Å². The molecule has 0 radical (unpaired) electrons. The number of aliphatic hydroxyl groups is 2. The fourth-order valence-corrected chi connectivity index (χ4v) is 2.43. The van der Waals surface area contributed by atoms with Crippen LogP contribution in [0.4, 0.5) is 0 Å². The van der Waals surface area contributed by atoms with E-state index in [0.29, 0.717) is 6.42 Å². The van der Waals surface area contributed by atoms with Gasteiger partial charge in [0.05, 0.1) is 25.7 Å². The molecule has 0 amide bonds. The van der Waals surface area contributed by atoms with E-state index in [4.69, 9.17) is 0 Å². The van der Waals surface area contributed by atoms with Gasteiger partial charge in [-0.15, -0.1) is 0 Å². The van der Waals surface area contributed by atoms with Crippen LogP contribution in [0.1, 0.15) is 84.0 Å². The Morgan fingerprint density at radius 2 is 1.33 bits per heavy atom. The summed E-state index contributed by atoms with van der Waals surface area (Å²) in [6.07, 6.45) is 10.9. The Morgan fingerprint density at radius 3 is 1.86 bits per heavy atom. The van der Waals surface area contributed by atoms with Crippen molar-refractivity contribution in [3.8, 4) is 0 Å². The van der Waals surface area contributed by atoms with Crippen molar-refractivity contribution in [3.05, 3.63) is 0 Å². The summed E-state index contributed by atoms with van der Waals surface area (Å²) in [5.41, 5.74) is 0. The Bertz CT molecular complexity index is 243. The Hall–Kier alpha value is -0.610. The third kappa shape index (κ3) is 14.1. The highest BCUT2D eigenvalue weighted by molar-refractivity contribution is 5.69. The van der Waals surface area contributed by atoms with Crippen LogP contribution in [0, 0.1) is 0 Å². The molecule has 2 atom stereocenters. The number of carbonyl (C=O) groups is 1. The maximum absolute atomic E-state index is 10.9. The second-order valence-electron chi connectivity index (χ2n) is 5.93. The quantitative estimate of drug-likeness (QED) is 0.380. The van der Waals surface area contributed by atoms with Crippen LogP contribution >= 0.6 is 0 Å². The largest absolute Gasteiger partial charge is 0.469 e. The molecule has 0 aliphatic rings.